The number of carbonyl (C=O) groups excluding carboxylic acids is 1. The summed E-state index contributed by atoms with van der Waals surface area (Å²) in [7, 11) is 1.84. The average Bonchev–Trinajstić information content (AvgIpc) is 2.44. The fraction of sp³-hybridized carbons (Fsp3) is 0.467. The van der Waals surface area contributed by atoms with Crippen LogP contribution in [0.15, 0.2) is 23.1 Å². The van der Waals surface area contributed by atoms with Crippen LogP contribution in [0.2, 0.25) is 0 Å². The van der Waals surface area contributed by atoms with Gasteiger partial charge in [0.1, 0.15) is 10.5 Å². The molecule has 0 atom stereocenters. The zero-order chi connectivity index (χ0) is 15.8. The Morgan fingerprint density at radius 2 is 2.05 bits per heavy atom. The van der Waals surface area contributed by atoms with Crippen LogP contribution in [0.1, 0.15) is 19.4 Å². The van der Waals surface area contributed by atoms with E-state index in [-0.39, 0.29) is 5.91 Å². The molecule has 114 valence electrons. The van der Waals surface area contributed by atoms with Gasteiger partial charge in [0.25, 0.3) is 0 Å². The molecule has 0 unspecified atom stereocenters. The first-order valence-electron chi connectivity index (χ1n) is 6.80. The van der Waals surface area contributed by atoms with Gasteiger partial charge in [-0.25, -0.2) is 0 Å². The molecular weight excluding hydrogens is 302 g/mol. The fourth-order valence-corrected chi connectivity index (χ4v) is 3.71. The van der Waals surface area contributed by atoms with Crippen LogP contribution in [0.3, 0.4) is 0 Å². The Balaban J connectivity index is 2.56. The lowest BCUT2D eigenvalue weighted by molar-refractivity contribution is -0.136. The molecule has 1 amide bonds. The van der Waals surface area contributed by atoms with Gasteiger partial charge in [0.05, 0.1) is 0 Å². The van der Waals surface area contributed by atoms with Gasteiger partial charge in [0.2, 0.25) is 5.91 Å². The maximum absolute atomic E-state index is 12.5. The molecular formula is C15H21N3OS2. The van der Waals surface area contributed by atoms with E-state index in [2.05, 4.69) is 4.90 Å². The van der Waals surface area contributed by atoms with Gasteiger partial charge in [-0.2, -0.15) is 0 Å². The van der Waals surface area contributed by atoms with Crippen molar-refractivity contribution in [3.05, 3.63) is 23.8 Å². The number of likely N-dealkylation sites (N-methyl/N-ethyl adjacent to an activating group) is 1. The average molecular weight is 323 g/mol. The number of rotatable bonds is 3. The van der Waals surface area contributed by atoms with Gasteiger partial charge in [-0.05, 0) is 32.2 Å². The highest BCUT2D eigenvalue weighted by Gasteiger charge is 2.41. The van der Waals surface area contributed by atoms with Crippen molar-refractivity contribution in [3.8, 4) is 0 Å². The summed E-state index contributed by atoms with van der Waals surface area (Å²) in [4.78, 5) is 17.8. The zero-order valence-electron chi connectivity index (χ0n) is 12.8. The van der Waals surface area contributed by atoms with E-state index < -0.39 is 5.54 Å². The maximum Gasteiger partial charge on any atom is 0.247 e. The summed E-state index contributed by atoms with van der Waals surface area (Å²) in [5.74, 6) is 0.109. The number of carbonyl (C=O) groups is 1. The van der Waals surface area contributed by atoms with E-state index in [4.69, 9.17) is 18.0 Å². The molecule has 4 nitrogen and oxygen atoms in total. The minimum absolute atomic E-state index is 0.109. The number of nitrogens with zero attached hydrogens (tertiary/aromatic N) is 2. The Kier molecular flexibility index (Phi) is 4.49. The van der Waals surface area contributed by atoms with Crippen LogP contribution in [-0.2, 0) is 4.79 Å². The molecule has 2 N–H and O–H groups in total. The minimum atomic E-state index is -0.608. The molecule has 0 aromatic heterocycles. The van der Waals surface area contributed by atoms with Gasteiger partial charge in [-0.3, -0.25) is 4.79 Å². The van der Waals surface area contributed by atoms with E-state index in [1.807, 2.05) is 45.4 Å². The van der Waals surface area contributed by atoms with Crippen molar-refractivity contribution in [3.63, 3.8) is 0 Å². The normalized spacial score (nSPS) is 18.0. The van der Waals surface area contributed by atoms with Crippen molar-refractivity contribution in [1.29, 1.82) is 0 Å². The van der Waals surface area contributed by atoms with Gasteiger partial charge in [0.15, 0.2) is 0 Å². The molecule has 1 aromatic carbocycles. The van der Waals surface area contributed by atoms with Crippen molar-refractivity contribution in [1.82, 2.24) is 4.90 Å². The van der Waals surface area contributed by atoms with E-state index in [1.165, 1.54) is 0 Å². The zero-order valence-corrected chi connectivity index (χ0v) is 14.5. The Labute approximate surface area is 135 Å². The second kappa shape index (κ2) is 5.85. The minimum Gasteiger partial charge on any atom is -0.389 e. The van der Waals surface area contributed by atoms with Crippen LogP contribution >= 0.6 is 24.0 Å². The summed E-state index contributed by atoms with van der Waals surface area (Å²) < 4.78 is 0. The number of hydrogen-bond donors (Lipinski definition) is 1. The first-order valence-corrected chi connectivity index (χ1v) is 8.44. The summed E-state index contributed by atoms with van der Waals surface area (Å²) in [6, 6.07) is 5.99. The Morgan fingerprint density at radius 1 is 1.38 bits per heavy atom. The molecule has 6 heteroatoms. The number of anilines is 1. The maximum atomic E-state index is 12.5. The molecule has 2 rings (SSSR count). The Morgan fingerprint density at radius 3 is 2.62 bits per heavy atom. The highest BCUT2D eigenvalue weighted by Crippen LogP contribution is 2.35. The van der Waals surface area contributed by atoms with Gasteiger partial charge >= 0.3 is 0 Å². The lowest BCUT2D eigenvalue weighted by atomic mass is 9.95. The lowest BCUT2D eigenvalue weighted by Crippen LogP contribution is -2.62. The number of amides is 1. The van der Waals surface area contributed by atoms with Gasteiger partial charge in [-0.1, -0.05) is 18.3 Å². The number of hydrogen-bond acceptors (Lipinski definition) is 4. The van der Waals surface area contributed by atoms with Crippen molar-refractivity contribution < 1.29 is 4.79 Å². The monoisotopic (exact) mass is 323 g/mol. The van der Waals surface area contributed by atoms with Crippen molar-refractivity contribution in [2.24, 2.45) is 5.73 Å². The third kappa shape index (κ3) is 2.74. The SMILES string of the molecule is CSc1cccc(N2CCN(C)C(=O)C2(C)C)c1C(N)=S. The van der Waals surface area contributed by atoms with E-state index in [0.717, 1.165) is 22.7 Å². The Hall–Kier alpha value is -1.27. The van der Waals surface area contributed by atoms with Crippen molar-refractivity contribution in [2.45, 2.75) is 24.3 Å². The van der Waals surface area contributed by atoms with Crippen LogP contribution < -0.4 is 10.6 Å². The van der Waals surface area contributed by atoms with Gasteiger partial charge in [-0.15, -0.1) is 11.8 Å². The van der Waals surface area contributed by atoms with Crippen LogP contribution in [0.5, 0.6) is 0 Å². The van der Waals surface area contributed by atoms with Crippen LogP contribution in [0.4, 0.5) is 5.69 Å². The van der Waals surface area contributed by atoms with E-state index in [9.17, 15) is 4.79 Å². The number of thioether (sulfide) groups is 1. The highest BCUT2D eigenvalue weighted by molar-refractivity contribution is 7.98. The second-order valence-corrected chi connectivity index (χ2v) is 6.94. The summed E-state index contributed by atoms with van der Waals surface area (Å²) >= 11 is 6.86. The second-order valence-electron chi connectivity index (χ2n) is 5.66. The van der Waals surface area contributed by atoms with E-state index >= 15 is 0 Å². The molecule has 1 aliphatic heterocycles. The van der Waals surface area contributed by atoms with Crippen molar-refractivity contribution in [2.75, 3.05) is 31.3 Å². The third-order valence-corrected chi connectivity index (χ3v) is 4.95. The number of piperazine rings is 1. The summed E-state index contributed by atoms with van der Waals surface area (Å²) in [5.41, 5.74) is 7.15. The molecule has 1 heterocycles. The number of thiocarbonyl (C=S) groups is 1. The number of nitrogens with two attached hydrogens (primary N) is 1. The first-order chi connectivity index (χ1) is 9.80. The van der Waals surface area contributed by atoms with Crippen molar-refractivity contribution >= 4 is 40.6 Å². The van der Waals surface area contributed by atoms with Crippen LogP contribution in [0.25, 0.3) is 0 Å². The molecule has 0 spiro atoms. The highest BCUT2D eigenvalue weighted by atomic mass is 32.2. The predicted molar refractivity (Wildman–Crippen MR) is 93.2 cm³/mol. The summed E-state index contributed by atoms with van der Waals surface area (Å²) in [6.07, 6.45) is 2.00. The smallest absolute Gasteiger partial charge is 0.247 e. The predicted octanol–water partition coefficient (Wildman–Crippen LogP) is 2.10. The fourth-order valence-electron chi connectivity index (χ4n) is 2.80. The molecule has 0 aliphatic carbocycles. The molecule has 1 aromatic rings. The molecule has 1 fully saturated rings. The van der Waals surface area contributed by atoms with Crippen LogP contribution in [0, 0.1) is 0 Å². The van der Waals surface area contributed by atoms with Crippen LogP contribution in [-0.4, -0.2) is 47.7 Å². The summed E-state index contributed by atoms with van der Waals surface area (Å²) in [6.45, 7) is 5.35. The number of benzene rings is 1. The Bertz CT molecular complexity index is 586. The van der Waals surface area contributed by atoms with Gasteiger partial charge < -0.3 is 15.5 Å². The van der Waals surface area contributed by atoms with E-state index in [0.29, 0.717) is 11.5 Å². The quantitative estimate of drug-likeness (QED) is 0.682. The molecule has 1 saturated heterocycles. The molecule has 21 heavy (non-hydrogen) atoms. The standard InChI is InChI=1S/C15H21N3OS2/c1-15(2)14(19)17(3)8-9-18(15)10-6-5-7-11(21-4)12(10)13(16)20/h5-7H,8-9H2,1-4H3,(H2,16,20). The van der Waals surface area contributed by atoms with E-state index in [1.54, 1.807) is 16.7 Å². The molecule has 1 aliphatic rings. The summed E-state index contributed by atoms with van der Waals surface area (Å²) in [5, 5.41) is 0. The largest absolute Gasteiger partial charge is 0.389 e. The molecule has 0 saturated carbocycles. The topological polar surface area (TPSA) is 49.6 Å². The van der Waals surface area contributed by atoms with Gasteiger partial charge in [0, 0.05) is 36.3 Å². The molecule has 0 radical (unpaired) electrons. The molecule has 0 bridgehead atoms. The lowest BCUT2D eigenvalue weighted by Gasteiger charge is -2.46. The third-order valence-electron chi connectivity index (χ3n) is 3.97. The first kappa shape index (κ1) is 16.1.